The maximum atomic E-state index is 6.31. The van der Waals surface area contributed by atoms with Crippen LogP contribution >= 0.6 is 0 Å². The molecule has 1 saturated carbocycles. The van der Waals surface area contributed by atoms with Crippen molar-refractivity contribution in [2.24, 2.45) is 5.92 Å². The summed E-state index contributed by atoms with van der Waals surface area (Å²) >= 11 is 0. The van der Waals surface area contributed by atoms with E-state index in [0.717, 1.165) is 12.5 Å². The average molecular weight is 149 g/mol. The van der Waals surface area contributed by atoms with Gasteiger partial charge in [0.2, 0.25) is 0 Å². The summed E-state index contributed by atoms with van der Waals surface area (Å²) in [7, 11) is 8.50. The van der Waals surface area contributed by atoms with Crippen molar-refractivity contribution in [3.05, 3.63) is 0 Å². The standard InChI is InChI=1S/C9H16BN/c1-11-6-8-4-2-3-5-9(8,10)7-11/h8H,2-7H2,1H3. The molecule has 11 heavy (non-hydrogen) atoms. The molecular formula is C9H16BN. The highest BCUT2D eigenvalue weighted by atomic mass is 15.1. The Bertz CT molecular complexity index is 160. The van der Waals surface area contributed by atoms with E-state index in [2.05, 4.69) is 11.9 Å². The van der Waals surface area contributed by atoms with Crippen LogP contribution in [0.3, 0.4) is 0 Å². The Kier molecular flexibility index (Phi) is 1.75. The summed E-state index contributed by atoms with van der Waals surface area (Å²) in [6.45, 7) is 2.36. The molecule has 0 aromatic rings. The molecule has 1 aliphatic carbocycles. The lowest BCUT2D eigenvalue weighted by Gasteiger charge is -2.35. The van der Waals surface area contributed by atoms with E-state index < -0.39 is 0 Å². The molecule has 0 aromatic heterocycles. The van der Waals surface area contributed by atoms with E-state index in [-0.39, 0.29) is 5.31 Å². The summed E-state index contributed by atoms with van der Waals surface area (Å²) in [6, 6.07) is 0. The van der Waals surface area contributed by atoms with E-state index in [1.54, 1.807) is 0 Å². The fourth-order valence-electron chi connectivity index (χ4n) is 2.76. The van der Waals surface area contributed by atoms with Gasteiger partial charge in [-0.1, -0.05) is 19.3 Å². The summed E-state index contributed by atoms with van der Waals surface area (Å²) in [5, 5.41) is 0.188. The number of nitrogens with zero attached hydrogens (tertiary/aromatic N) is 1. The number of fused-ring (bicyclic) bond motifs is 1. The molecule has 2 unspecified atom stereocenters. The summed E-state index contributed by atoms with van der Waals surface area (Å²) in [5.41, 5.74) is 0. The van der Waals surface area contributed by atoms with Gasteiger partial charge in [-0.2, -0.15) is 0 Å². The van der Waals surface area contributed by atoms with Crippen LogP contribution in [0.15, 0.2) is 0 Å². The van der Waals surface area contributed by atoms with Gasteiger partial charge in [0.15, 0.2) is 0 Å². The van der Waals surface area contributed by atoms with E-state index in [9.17, 15) is 0 Å². The first kappa shape index (κ1) is 7.66. The Balaban J connectivity index is 2.11. The Hall–Kier alpha value is 0.0249. The van der Waals surface area contributed by atoms with Gasteiger partial charge < -0.3 is 4.90 Å². The zero-order chi connectivity index (χ0) is 7.90. The van der Waals surface area contributed by atoms with Crippen molar-refractivity contribution >= 4 is 7.85 Å². The minimum atomic E-state index is 0.188. The van der Waals surface area contributed by atoms with Crippen molar-refractivity contribution in [3.8, 4) is 0 Å². The van der Waals surface area contributed by atoms with Crippen LogP contribution in [-0.2, 0) is 0 Å². The van der Waals surface area contributed by atoms with E-state index in [1.807, 2.05) is 0 Å². The summed E-state index contributed by atoms with van der Waals surface area (Å²) in [6.07, 6.45) is 5.36. The third-order valence-electron chi connectivity index (χ3n) is 3.35. The van der Waals surface area contributed by atoms with Gasteiger partial charge in [-0.15, -0.1) is 0 Å². The molecular weight excluding hydrogens is 133 g/mol. The van der Waals surface area contributed by atoms with Gasteiger partial charge in [-0.05, 0) is 31.2 Å². The molecule has 2 aliphatic rings. The molecule has 0 N–H and O–H groups in total. The minimum Gasteiger partial charge on any atom is -0.306 e. The van der Waals surface area contributed by atoms with Crippen LogP contribution in [-0.4, -0.2) is 32.9 Å². The van der Waals surface area contributed by atoms with E-state index in [4.69, 9.17) is 7.85 Å². The van der Waals surface area contributed by atoms with Crippen molar-refractivity contribution < 1.29 is 0 Å². The molecule has 1 aliphatic heterocycles. The van der Waals surface area contributed by atoms with Gasteiger partial charge in [0.25, 0.3) is 0 Å². The molecule has 2 heteroatoms. The Morgan fingerprint density at radius 2 is 2.27 bits per heavy atom. The van der Waals surface area contributed by atoms with Gasteiger partial charge >= 0.3 is 0 Å². The zero-order valence-corrected chi connectivity index (χ0v) is 7.34. The van der Waals surface area contributed by atoms with Crippen molar-refractivity contribution in [1.82, 2.24) is 4.90 Å². The topological polar surface area (TPSA) is 3.24 Å². The van der Waals surface area contributed by atoms with Crippen LogP contribution in [0.4, 0.5) is 0 Å². The maximum absolute atomic E-state index is 6.31. The van der Waals surface area contributed by atoms with Crippen molar-refractivity contribution in [3.63, 3.8) is 0 Å². The third-order valence-corrected chi connectivity index (χ3v) is 3.35. The Morgan fingerprint density at radius 3 is 3.00 bits per heavy atom. The summed E-state index contributed by atoms with van der Waals surface area (Å²) < 4.78 is 0. The van der Waals surface area contributed by atoms with Gasteiger partial charge in [-0.3, -0.25) is 0 Å². The van der Waals surface area contributed by atoms with Crippen LogP contribution in [0, 0.1) is 5.92 Å². The molecule has 2 rings (SSSR count). The second kappa shape index (κ2) is 2.51. The zero-order valence-electron chi connectivity index (χ0n) is 7.34. The van der Waals surface area contributed by atoms with Gasteiger partial charge in [0.1, 0.15) is 0 Å². The molecule has 0 aromatic carbocycles. The quantitative estimate of drug-likeness (QED) is 0.471. The molecule has 60 valence electrons. The lowest BCUT2D eigenvalue weighted by Crippen LogP contribution is -2.26. The number of hydrogen-bond acceptors (Lipinski definition) is 1. The summed E-state index contributed by atoms with van der Waals surface area (Å²) in [4.78, 5) is 2.38. The van der Waals surface area contributed by atoms with Crippen LogP contribution in [0.2, 0.25) is 5.31 Å². The predicted octanol–water partition coefficient (Wildman–Crippen LogP) is 1.45. The smallest absolute Gasteiger partial charge is 0.0768 e. The lowest BCUT2D eigenvalue weighted by atomic mass is 9.56. The number of hydrogen-bond donors (Lipinski definition) is 0. The normalized spacial score (nSPS) is 45.7. The van der Waals surface area contributed by atoms with E-state index in [0.29, 0.717) is 0 Å². The highest BCUT2D eigenvalue weighted by Gasteiger charge is 2.41. The fraction of sp³-hybridized carbons (Fsp3) is 1.00. The number of likely N-dealkylation sites (tertiary alicyclic amines) is 1. The highest BCUT2D eigenvalue weighted by molar-refractivity contribution is 6.16. The maximum Gasteiger partial charge on any atom is 0.0768 e. The van der Waals surface area contributed by atoms with E-state index >= 15 is 0 Å². The average Bonchev–Trinajstić information content (AvgIpc) is 2.22. The molecule has 2 radical (unpaired) electrons. The highest BCUT2D eigenvalue weighted by Crippen LogP contribution is 2.49. The van der Waals surface area contributed by atoms with Crippen LogP contribution in [0.25, 0.3) is 0 Å². The Labute approximate surface area is 70.6 Å². The molecule has 2 fully saturated rings. The van der Waals surface area contributed by atoms with Crippen molar-refractivity contribution in [2.75, 3.05) is 20.1 Å². The first-order valence-electron chi connectivity index (χ1n) is 4.68. The second-order valence-electron chi connectivity index (χ2n) is 4.37. The van der Waals surface area contributed by atoms with E-state index in [1.165, 1.54) is 32.2 Å². The molecule has 1 nitrogen and oxygen atoms in total. The van der Waals surface area contributed by atoms with Crippen molar-refractivity contribution in [1.29, 1.82) is 0 Å². The molecule has 0 spiro atoms. The molecule has 0 amide bonds. The first-order chi connectivity index (χ1) is 5.21. The SMILES string of the molecule is [B]C12CCCCC1CN(C)C2. The Morgan fingerprint density at radius 1 is 1.45 bits per heavy atom. The molecule has 1 heterocycles. The largest absolute Gasteiger partial charge is 0.306 e. The lowest BCUT2D eigenvalue weighted by molar-refractivity contribution is 0.317. The second-order valence-corrected chi connectivity index (χ2v) is 4.37. The molecule has 2 atom stereocenters. The molecule has 1 saturated heterocycles. The van der Waals surface area contributed by atoms with Crippen LogP contribution < -0.4 is 0 Å². The first-order valence-corrected chi connectivity index (χ1v) is 4.68. The fourth-order valence-corrected chi connectivity index (χ4v) is 2.76. The summed E-state index contributed by atoms with van der Waals surface area (Å²) in [5.74, 6) is 0.793. The predicted molar refractivity (Wildman–Crippen MR) is 47.9 cm³/mol. The van der Waals surface area contributed by atoms with Crippen molar-refractivity contribution in [2.45, 2.75) is 31.0 Å². The van der Waals surface area contributed by atoms with Crippen LogP contribution in [0.5, 0.6) is 0 Å². The molecule has 0 bridgehead atoms. The van der Waals surface area contributed by atoms with Gasteiger partial charge in [0, 0.05) is 6.54 Å². The number of rotatable bonds is 0. The monoisotopic (exact) mass is 149 g/mol. The van der Waals surface area contributed by atoms with Gasteiger partial charge in [0.05, 0.1) is 7.85 Å². The minimum absolute atomic E-state index is 0.188. The van der Waals surface area contributed by atoms with Gasteiger partial charge in [-0.25, -0.2) is 0 Å². The van der Waals surface area contributed by atoms with Crippen LogP contribution in [0.1, 0.15) is 25.7 Å². The third kappa shape index (κ3) is 1.22.